The van der Waals surface area contributed by atoms with E-state index in [1.807, 2.05) is 35.0 Å². The number of rotatable bonds is 5. The number of nitrogens with one attached hydrogen (secondary N) is 1. The number of carbonyl (C=O) groups excluding carboxylic acids is 1. The van der Waals surface area contributed by atoms with Crippen LogP contribution in [0.2, 0.25) is 0 Å². The van der Waals surface area contributed by atoms with Gasteiger partial charge in [0.15, 0.2) is 5.82 Å². The van der Waals surface area contributed by atoms with E-state index in [2.05, 4.69) is 15.2 Å². The summed E-state index contributed by atoms with van der Waals surface area (Å²) in [6.07, 6.45) is 5.54. The summed E-state index contributed by atoms with van der Waals surface area (Å²) in [5, 5.41) is 2.97. The number of hydrogen-bond acceptors (Lipinski definition) is 6. The van der Waals surface area contributed by atoms with Crippen molar-refractivity contribution < 1.29 is 13.9 Å². The van der Waals surface area contributed by atoms with E-state index >= 15 is 0 Å². The molecule has 5 aromatic rings. The van der Waals surface area contributed by atoms with Crippen LogP contribution in [0.3, 0.4) is 0 Å². The molecule has 3 aromatic heterocycles. The number of benzene rings is 2. The first-order valence-corrected chi connectivity index (χ1v) is 11.7. The van der Waals surface area contributed by atoms with Gasteiger partial charge in [0.1, 0.15) is 17.2 Å². The van der Waals surface area contributed by atoms with E-state index in [0.29, 0.717) is 55.1 Å². The van der Waals surface area contributed by atoms with Crippen molar-refractivity contribution in [2.24, 2.45) is 0 Å². The molecule has 6 rings (SSSR count). The van der Waals surface area contributed by atoms with Crippen LogP contribution >= 0.6 is 0 Å². The zero-order chi connectivity index (χ0) is 24.5. The van der Waals surface area contributed by atoms with Crippen LogP contribution in [0.4, 0.5) is 10.2 Å². The Morgan fingerprint density at radius 1 is 1.00 bits per heavy atom. The first kappa shape index (κ1) is 22.1. The molecule has 36 heavy (non-hydrogen) atoms. The number of carbonyl (C=O) groups is 1. The Balaban J connectivity index is 1.31. The fraction of sp³-hybridized carbons (Fsp3) is 0.185. The number of halogens is 1. The fourth-order valence-corrected chi connectivity index (χ4v) is 4.34. The van der Waals surface area contributed by atoms with Gasteiger partial charge < -0.3 is 19.4 Å². The lowest BCUT2D eigenvalue weighted by atomic mass is 10.1. The van der Waals surface area contributed by atoms with Crippen molar-refractivity contribution in [3.05, 3.63) is 90.1 Å². The third-order valence-electron chi connectivity index (χ3n) is 6.24. The van der Waals surface area contributed by atoms with E-state index in [1.165, 1.54) is 12.1 Å². The second-order valence-corrected chi connectivity index (χ2v) is 8.62. The minimum atomic E-state index is -0.313. The molecule has 1 amide bonds. The molecule has 0 unspecified atom stereocenters. The van der Waals surface area contributed by atoms with E-state index in [1.54, 1.807) is 30.5 Å². The van der Waals surface area contributed by atoms with Gasteiger partial charge in [-0.1, -0.05) is 6.07 Å². The molecule has 0 spiro atoms. The van der Waals surface area contributed by atoms with Crippen molar-refractivity contribution in [1.82, 2.24) is 24.7 Å². The van der Waals surface area contributed by atoms with Gasteiger partial charge in [0.2, 0.25) is 0 Å². The molecule has 1 saturated heterocycles. The topological polar surface area (TPSA) is 84.7 Å². The van der Waals surface area contributed by atoms with Crippen molar-refractivity contribution in [2.45, 2.75) is 6.54 Å². The molecule has 1 fully saturated rings. The number of fused-ring (bicyclic) bond motifs is 2. The first-order chi connectivity index (χ1) is 17.6. The van der Waals surface area contributed by atoms with Gasteiger partial charge in [-0.25, -0.2) is 19.3 Å². The summed E-state index contributed by atoms with van der Waals surface area (Å²) < 4.78 is 21.0. The molecule has 1 N–H and O–H groups in total. The molecule has 1 aliphatic heterocycles. The van der Waals surface area contributed by atoms with E-state index in [0.717, 1.165) is 22.6 Å². The number of pyridine rings is 1. The second-order valence-electron chi connectivity index (χ2n) is 8.62. The maximum atomic E-state index is 13.6. The minimum absolute atomic E-state index is 0.204. The number of hydrogen-bond donors (Lipinski definition) is 1. The van der Waals surface area contributed by atoms with Gasteiger partial charge in [-0.3, -0.25) is 4.79 Å². The van der Waals surface area contributed by atoms with E-state index < -0.39 is 0 Å². The number of aromatic nitrogens is 4. The number of imidazole rings is 1. The van der Waals surface area contributed by atoms with Gasteiger partial charge in [-0.2, -0.15) is 0 Å². The molecule has 0 aliphatic carbocycles. The molecule has 1 aliphatic rings. The second kappa shape index (κ2) is 9.35. The van der Waals surface area contributed by atoms with Crippen molar-refractivity contribution >= 4 is 28.4 Å². The van der Waals surface area contributed by atoms with Gasteiger partial charge >= 0.3 is 0 Å². The van der Waals surface area contributed by atoms with Crippen molar-refractivity contribution in [3.8, 4) is 11.3 Å². The third-order valence-corrected chi connectivity index (χ3v) is 6.24. The lowest BCUT2D eigenvalue weighted by molar-refractivity contribution is 0.0951. The largest absolute Gasteiger partial charge is 0.378 e. The van der Waals surface area contributed by atoms with E-state index in [9.17, 15) is 9.18 Å². The highest BCUT2D eigenvalue weighted by molar-refractivity contribution is 5.98. The maximum Gasteiger partial charge on any atom is 0.251 e. The molecule has 0 radical (unpaired) electrons. The number of anilines is 1. The monoisotopic (exact) mass is 482 g/mol. The van der Waals surface area contributed by atoms with Gasteiger partial charge in [0.05, 0.1) is 24.2 Å². The van der Waals surface area contributed by atoms with Crippen LogP contribution < -0.4 is 10.2 Å². The third kappa shape index (κ3) is 4.36. The van der Waals surface area contributed by atoms with E-state index in [-0.39, 0.29) is 11.7 Å². The Kier molecular flexibility index (Phi) is 5.74. The highest BCUT2D eigenvalue weighted by Crippen LogP contribution is 2.30. The highest BCUT2D eigenvalue weighted by atomic mass is 19.1. The average Bonchev–Trinajstić information content (AvgIpc) is 3.40. The maximum absolute atomic E-state index is 13.6. The van der Waals surface area contributed by atoms with Crippen molar-refractivity contribution in [1.29, 1.82) is 0 Å². The van der Waals surface area contributed by atoms with Crippen LogP contribution in [-0.4, -0.2) is 51.6 Å². The number of ether oxygens (including phenoxy) is 1. The lowest BCUT2D eigenvalue weighted by Gasteiger charge is -2.29. The summed E-state index contributed by atoms with van der Waals surface area (Å²) >= 11 is 0. The zero-order valence-corrected chi connectivity index (χ0v) is 19.4. The summed E-state index contributed by atoms with van der Waals surface area (Å²) in [6, 6.07) is 15.4. The Labute approximate surface area is 206 Å². The Hall–Kier alpha value is -4.37. The van der Waals surface area contributed by atoms with Gasteiger partial charge in [-0.05, 0) is 54.1 Å². The molecule has 0 atom stereocenters. The quantitative estimate of drug-likeness (QED) is 0.410. The number of morpholine rings is 1. The number of nitrogens with zero attached hydrogens (tertiary/aromatic N) is 5. The minimum Gasteiger partial charge on any atom is -0.378 e. The summed E-state index contributed by atoms with van der Waals surface area (Å²) in [7, 11) is 0. The van der Waals surface area contributed by atoms with Crippen LogP contribution in [-0.2, 0) is 11.3 Å². The molecule has 0 bridgehead atoms. The molecule has 2 aromatic carbocycles. The molecular weight excluding hydrogens is 459 g/mol. The van der Waals surface area contributed by atoms with Crippen LogP contribution in [0.15, 0.2) is 73.2 Å². The molecular formula is C27H23FN6O2. The summed E-state index contributed by atoms with van der Waals surface area (Å²) in [5.41, 5.74) is 5.00. The molecule has 0 saturated carbocycles. The predicted octanol–water partition coefficient (Wildman–Crippen LogP) is 3.85. The Morgan fingerprint density at radius 2 is 1.83 bits per heavy atom. The molecule has 4 heterocycles. The fourth-order valence-electron chi connectivity index (χ4n) is 4.34. The first-order valence-electron chi connectivity index (χ1n) is 11.7. The van der Waals surface area contributed by atoms with Crippen molar-refractivity contribution in [2.75, 3.05) is 31.2 Å². The predicted molar refractivity (Wildman–Crippen MR) is 134 cm³/mol. The zero-order valence-electron chi connectivity index (χ0n) is 19.4. The molecule has 9 heteroatoms. The van der Waals surface area contributed by atoms with E-state index in [4.69, 9.17) is 14.7 Å². The normalized spacial score (nSPS) is 13.9. The molecule has 180 valence electrons. The highest BCUT2D eigenvalue weighted by Gasteiger charge is 2.20. The number of amides is 1. The van der Waals surface area contributed by atoms with Gasteiger partial charge in [0.25, 0.3) is 5.91 Å². The van der Waals surface area contributed by atoms with Gasteiger partial charge in [-0.15, -0.1) is 0 Å². The van der Waals surface area contributed by atoms with Crippen LogP contribution in [0.25, 0.3) is 27.9 Å². The lowest BCUT2D eigenvalue weighted by Crippen LogP contribution is -2.37. The standard InChI is InChI=1S/C27H23FN6O2/c28-21-5-2-19(3-6-21)25-26(33-11-13-36-14-12-33)32-22-7-4-20(15-23(22)31-25)27(35)30-16-18-1-8-24-29-9-10-34(24)17-18/h1-10,15,17H,11-14,16H2,(H,30,35). The van der Waals surface area contributed by atoms with Gasteiger partial charge in [0, 0.05) is 49.4 Å². The van der Waals surface area contributed by atoms with Crippen molar-refractivity contribution in [3.63, 3.8) is 0 Å². The Bertz CT molecular complexity index is 1560. The summed E-state index contributed by atoms with van der Waals surface area (Å²) in [4.78, 5) is 29.1. The van der Waals surface area contributed by atoms with Crippen LogP contribution in [0.1, 0.15) is 15.9 Å². The molecule has 8 nitrogen and oxygen atoms in total. The van der Waals surface area contributed by atoms with Crippen LogP contribution in [0.5, 0.6) is 0 Å². The SMILES string of the molecule is O=C(NCc1ccc2nccn2c1)c1ccc2nc(N3CCOCC3)c(-c3ccc(F)cc3)nc2c1. The summed E-state index contributed by atoms with van der Waals surface area (Å²) in [5.74, 6) is 0.209. The smallest absolute Gasteiger partial charge is 0.251 e. The summed E-state index contributed by atoms with van der Waals surface area (Å²) in [6.45, 7) is 2.98. The average molecular weight is 483 g/mol. The van der Waals surface area contributed by atoms with Crippen LogP contribution in [0, 0.1) is 5.82 Å². The Morgan fingerprint density at radius 3 is 2.67 bits per heavy atom.